The zero-order valence-electron chi connectivity index (χ0n) is 7.65. The molecule has 0 saturated carbocycles. The number of rotatable bonds is 4. The van der Waals surface area contributed by atoms with Crippen LogP contribution in [0.5, 0.6) is 0 Å². The quantitative estimate of drug-likeness (QED) is 0.812. The maximum atomic E-state index is 11.3. The summed E-state index contributed by atoms with van der Waals surface area (Å²) in [6.07, 6.45) is 0. The van der Waals surface area contributed by atoms with Crippen LogP contribution in [-0.2, 0) is 47.8 Å². The molecule has 8 heteroatoms. The van der Waals surface area contributed by atoms with Gasteiger partial charge in [0, 0.05) is 0 Å². The predicted molar refractivity (Wildman–Crippen MR) is 38.6 cm³/mol. The van der Waals surface area contributed by atoms with Crippen molar-refractivity contribution in [2.24, 2.45) is 0 Å². The number of hydrogen-bond donors (Lipinski definition) is 0. The van der Waals surface area contributed by atoms with Crippen molar-refractivity contribution in [3.05, 3.63) is 35.4 Å². The van der Waals surface area contributed by atoms with Crippen LogP contribution in [0.15, 0.2) is 24.3 Å². The van der Waals surface area contributed by atoms with Crippen molar-refractivity contribution < 1.29 is 57.4 Å². The molecule has 0 spiro atoms. The fourth-order valence-electron chi connectivity index (χ4n) is 1.01. The Kier molecular flexibility index (Phi) is 5.28. The van der Waals surface area contributed by atoms with Crippen LogP contribution in [0.4, 0.5) is 0 Å². The van der Waals surface area contributed by atoms with E-state index in [0.717, 1.165) is 0 Å². The Labute approximate surface area is 105 Å². The summed E-state index contributed by atoms with van der Waals surface area (Å²) in [7, 11) is 0. The van der Waals surface area contributed by atoms with E-state index < -0.39 is 45.1 Å². The van der Waals surface area contributed by atoms with Gasteiger partial charge in [-0.2, -0.15) is 0 Å². The fraction of sp³-hybridized carbons (Fsp3) is 0. The van der Waals surface area contributed by atoms with Gasteiger partial charge < -0.3 is 0 Å². The summed E-state index contributed by atoms with van der Waals surface area (Å²) in [4.78, 5) is 22.6. The summed E-state index contributed by atoms with van der Waals surface area (Å²) in [5, 5.41) is 0. The van der Waals surface area contributed by atoms with E-state index in [9.17, 15) is 16.9 Å². The van der Waals surface area contributed by atoms with Crippen LogP contribution >= 0.6 is 0 Å². The van der Waals surface area contributed by atoms with Crippen molar-refractivity contribution in [1.82, 2.24) is 0 Å². The molecule has 0 amide bonds. The maximum absolute atomic E-state index is 11.3. The van der Waals surface area contributed by atoms with Crippen LogP contribution in [0.25, 0.3) is 0 Å². The molecular weight excluding hydrogens is 294 g/mol. The van der Waals surface area contributed by atoms with Gasteiger partial charge in [-0.1, -0.05) is 0 Å². The zero-order valence-corrected chi connectivity index (χ0v) is 10.4. The van der Waals surface area contributed by atoms with E-state index in [2.05, 4.69) is 7.32 Å². The minimum absolute atomic E-state index is 0.0617. The summed E-state index contributed by atoms with van der Waals surface area (Å²) >= 11 is -3.56. The predicted octanol–water partition coefficient (Wildman–Crippen LogP) is 0.686. The number of carbonyl (C=O) groups excluding carboxylic acids is 2. The second kappa shape index (κ2) is 6.50. The first-order chi connectivity index (χ1) is 7.70. The molecule has 0 heterocycles. The third-order valence-electron chi connectivity index (χ3n) is 1.61. The Balaban J connectivity index is 3.09. The van der Waals surface area contributed by atoms with Crippen LogP contribution in [0.2, 0.25) is 0 Å². The van der Waals surface area contributed by atoms with Crippen molar-refractivity contribution in [3.8, 4) is 0 Å². The first-order valence-corrected chi connectivity index (χ1v) is 6.15. The standard InChI is InChI=1S/C8H6O4.2O.2V/c9-7(10)5-3-1-2-4-6(5)8(11)12;;;;/h1-4H,(H,9,10)(H,11,12);;;;/q;;;2*+1/p-2. The molecule has 1 aromatic rings. The molecule has 0 aromatic heterocycles. The monoisotopic (exact) mass is 298 g/mol. The zero-order chi connectivity index (χ0) is 12.0. The van der Waals surface area contributed by atoms with Crippen molar-refractivity contribution in [2.75, 3.05) is 0 Å². The van der Waals surface area contributed by atoms with E-state index in [-0.39, 0.29) is 11.1 Å². The second-order valence-electron chi connectivity index (χ2n) is 2.45. The van der Waals surface area contributed by atoms with E-state index in [4.69, 9.17) is 0 Å². The first-order valence-electron chi connectivity index (χ1n) is 3.87. The van der Waals surface area contributed by atoms with Crippen LogP contribution in [-0.4, -0.2) is 11.9 Å². The summed E-state index contributed by atoms with van der Waals surface area (Å²) in [5.74, 6) is -1.74. The summed E-state index contributed by atoms with van der Waals surface area (Å²) < 4.78 is 29.1. The molecule has 1 rings (SSSR count). The average molecular weight is 298 g/mol. The molecule has 16 heavy (non-hydrogen) atoms. The molecule has 0 bridgehead atoms. The molecule has 0 atom stereocenters. The van der Waals surface area contributed by atoms with Gasteiger partial charge in [0.2, 0.25) is 0 Å². The molecule has 0 saturated heterocycles. The van der Waals surface area contributed by atoms with Gasteiger partial charge in [0.05, 0.1) is 0 Å². The number of hydrogen-bond acceptors (Lipinski definition) is 6. The van der Waals surface area contributed by atoms with Gasteiger partial charge in [0.25, 0.3) is 0 Å². The van der Waals surface area contributed by atoms with Crippen molar-refractivity contribution in [3.63, 3.8) is 0 Å². The van der Waals surface area contributed by atoms with Gasteiger partial charge in [-0.3, -0.25) is 0 Å². The van der Waals surface area contributed by atoms with Crippen LogP contribution in [0.3, 0.4) is 0 Å². The minimum atomic E-state index is -1.78. The van der Waals surface area contributed by atoms with E-state index in [1.807, 2.05) is 0 Å². The molecule has 0 aliphatic rings. The van der Waals surface area contributed by atoms with E-state index in [1.165, 1.54) is 24.3 Å². The summed E-state index contributed by atoms with van der Waals surface area (Å²) in [5.41, 5.74) is -0.123. The summed E-state index contributed by atoms with van der Waals surface area (Å²) in [6.45, 7) is 0. The molecule has 1 aromatic carbocycles. The normalized spacial score (nSPS) is 9.00. The summed E-state index contributed by atoms with van der Waals surface area (Å²) in [6, 6.07) is 5.69. The Hall–Kier alpha value is -1.07. The van der Waals surface area contributed by atoms with Gasteiger partial charge in [0.15, 0.2) is 0 Å². The molecule has 0 unspecified atom stereocenters. The molecule has 0 fully saturated rings. The molecule has 0 N–H and O–H groups in total. The SMILES string of the molecule is [O]=[V][O]C(=O)c1ccccc1C(=O)[O][V]=[O]. The van der Waals surface area contributed by atoms with Crippen molar-refractivity contribution >= 4 is 11.9 Å². The Morgan fingerprint density at radius 3 is 1.56 bits per heavy atom. The second-order valence-corrected chi connectivity index (χ2v) is 3.49. The molecule has 0 radical (unpaired) electrons. The van der Waals surface area contributed by atoms with Crippen LogP contribution in [0, 0.1) is 0 Å². The Morgan fingerprint density at radius 1 is 0.875 bits per heavy atom. The fourth-order valence-corrected chi connectivity index (χ4v) is 1.52. The van der Waals surface area contributed by atoms with E-state index in [1.54, 1.807) is 0 Å². The van der Waals surface area contributed by atoms with Gasteiger partial charge in [-0.15, -0.1) is 0 Å². The van der Waals surface area contributed by atoms with Crippen molar-refractivity contribution in [1.29, 1.82) is 0 Å². The first kappa shape index (κ1) is 13.0. The third-order valence-corrected chi connectivity index (χ3v) is 2.36. The van der Waals surface area contributed by atoms with Crippen LogP contribution in [0.1, 0.15) is 20.7 Å². The van der Waals surface area contributed by atoms with Gasteiger partial charge in [0.1, 0.15) is 0 Å². The van der Waals surface area contributed by atoms with E-state index in [0.29, 0.717) is 0 Å². The Bertz CT molecular complexity index is 403. The molecular formula is C8H4O6V2. The van der Waals surface area contributed by atoms with Gasteiger partial charge in [-0.05, 0) is 0 Å². The molecule has 0 aliphatic carbocycles. The third kappa shape index (κ3) is 3.21. The Morgan fingerprint density at radius 2 is 1.25 bits per heavy atom. The molecule has 0 aliphatic heterocycles. The van der Waals surface area contributed by atoms with Crippen molar-refractivity contribution in [2.45, 2.75) is 0 Å². The van der Waals surface area contributed by atoms with Crippen LogP contribution < -0.4 is 0 Å². The van der Waals surface area contributed by atoms with E-state index >= 15 is 0 Å². The topological polar surface area (TPSA) is 86.7 Å². The number of carbonyl (C=O) groups is 2. The van der Waals surface area contributed by atoms with Gasteiger partial charge in [-0.25, -0.2) is 0 Å². The molecule has 82 valence electrons. The number of benzene rings is 1. The molecule has 6 nitrogen and oxygen atoms in total. The van der Waals surface area contributed by atoms with Gasteiger partial charge >= 0.3 is 105 Å². The average Bonchev–Trinajstić information content (AvgIpc) is 2.30.